The molecule has 0 aliphatic heterocycles. The van der Waals surface area contributed by atoms with Crippen LogP contribution in [0.25, 0.3) is 0 Å². The van der Waals surface area contributed by atoms with Gasteiger partial charge in [0.05, 0.1) is 4.90 Å². The molecular formula is C14H23N3O2S. The molecule has 0 unspecified atom stereocenters. The summed E-state index contributed by atoms with van der Waals surface area (Å²) in [6, 6.07) is 4.63. The van der Waals surface area contributed by atoms with Gasteiger partial charge in [0.15, 0.2) is 0 Å². The lowest BCUT2D eigenvalue weighted by Crippen LogP contribution is -2.13. The van der Waals surface area contributed by atoms with Gasteiger partial charge in [0, 0.05) is 17.9 Å². The van der Waals surface area contributed by atoms with Gasteiger partial charge in [0.25, 0.3) is 0 Å². The molecule has 1 aromatic carbocycles. The quantitative estimate of drug-likeness (QED) is 0.554. The Balaban J connectivity index is 1.87. The van der Waals surface area contributed by atoms with E-state index < -0.39 is 10.0 Å². The lowest BCUT2D eigenvalue weighted by atomic mass is 10.0. The molecule has 0 saturated heterocycles. The molecule has 2 rings (SSSR count). The molecule has 0 bridgehead atoms. The molecule has 20 heavy (non-hydrogen) atoms. The molecule has 112 valence electrons. The zero-order valence-corrected chi connectivity index (χ0v) is 12.5. The number of primary sulfonamides is 1. The van der Waals surface area contributed by atoms with Crippen molar-refractivity contribution in [2.45, 2.75) is 43.4 Å². The maximum atomic E-state index is 11.3. The number of rotatable bonds is 6. The minimum Gasteiger partial charge on any atom is -0.399 e. The number of benzene rings is 1. The summed E-state index contributed by atoms with van der Waals surface area (Å²) >= 11 is 0. The molecule has 1 aromatic rings. The van der Waals surface area contributed by atoms with Crippen LogP contribution < -0.4 is 16.2 Å². The third-order valence-electron chi connectivity index (χ3n) is 3.85. The van der Waals surface area contributed by atoms with Gasteiger partial charge in [0.1, 0.15) is 0 Å². The molecule has 6 heteroatoms. The van der Waals surface area contributed by atoms with Crippen molar-refractivity contribution in [1.29, 1.82) is 0 Å². The molecule has 0 radical (unpaired) electrons. The SMILES string of the molecule is Nc1cc(NCCCC2CCCC2)cc(S(N)(=O)=O)c1. The first-order valence-electron chi connectivity index (χ1n) is 7.12. The number of anilines is 2. The van der Waals surface area contributed by atoms with Crippen LogP contribution in [0.5, 0.6) is 0 Å². The molecule has 0 heterocycles. The second-order valence-electron chi connectivity index (χ2n) is 5.56. The van der Waals surface area contributed by atoms with Gasteiger partial charge in [-0.2, -0.15) is 0 Å². The Morgan fingerprint density at radius 1 is 1.20 bits per heavy atom. The van der Waals surface area contributed by atoms with E-state index >= 15 is 0 Å². The number of nitrogens with one attached hydrogen (secondary N) is 1. The first-order chi connectivity index (χ1) is 9.45. The fraction of sp³-hybridized carbons (Fsp3) is 0.571. The minimum absolute atomic E-state index is 0.0517. The largest absolute Gasteiger partial charge is 0.399 e. The highest BCUT2D eigenvalue weighted by Gasteiger charge is 2.14. The summed E-state index contributed by atoms with van der Waals surface area (Å²) in [7, 11) is -3.71. The fourth-order valence-corrected chi connectivity index (χ4v) is 3.40. The van der Waals surface area contributed by atoms with Crippen LogP contribution >= 0.6 is 0 Å². The standard InChI is InChI=1S/C14H23N3O2S/c15-12-8-13(10-14(9-12)20(16,18)19)17-7-3-6-11-4-1-2-5-11/h8-11,17H,1-7,15H2,(H2,16,18,19). The Kier molecular flexibility index (Phi) is 4.88. The van der Waals surface area contributed by atoms with Crippen molar-refractivity contribution in [3.8, 4) is 0 Å². The van der Waals surface area contributed by atoms with Crippen LogP contribution in [0.4, 0.5) is 11.4 Å². The van der Waals surface area contributed by atoms with Crippen LogP contribution in [0, 0.1) is 5.92 Å². The van der Waals surface area contributed by atoms with Crippen molar-refractivity contribution >= 4 is 21.4 Å². The first kappa shape index (κ1) is 15.1. The Bertz CT molecular complexity index is 552. The fourth-order valence-electron chi connectivity index (χ4n) is 2.81. The van der Waals surface area contributed by atoms with Gasteiger partial charge in [-0.1, -0.05) is 25.7 Å². The number of hydrogen-bond acceptors (Lipinski definition) is 4. The second-order valence-corrected chi connectivity index (χ2v) is 7.12. The zero-order chi connectivity index (χ0) is 14.6. The Labute approximate surface area is 120 Å². The van der Waals surface area contributed by atoms with Crippen molar-refractivity contribution in [1.82, 2.24) is 0 Å². The zero-order valence-electron chi connectivity index (χ0n) is 11.6. The molecule has 0 amide bonds. The van der Waals surface area contributed by atoms with E-state index in [1.807, 2.05) is 0 Å². The van der Waals surface area contributed by atoms with Gasteiger partial charge in [-0.3, -0.25) is 0 Å². The van der Waals surface area contributed by atoms with E-state index in [9.17, 15) is 8.42 Å². The number of nitrogens with two attached hydrogens (primary N) is 2. The van der Waals surface area contributed by atoms with Crippen LogP contribution in [-0.4, -0.2) is 15.0 Å². The van der Waals surface area contributed by atoms with Gasteiger partial charge in [-0.05, 0) is 37.0 Å². The monoisotopic (exact) mass is 297 g/mol. The average Bonchev–Trinajstić information content (AvgIpc) is 2.86. The van der Waals surface area contributed by atoms with Crippen LogP contribution in [-0.2, 0) is 10.0 Å². The van der Waals surface area contributed by atoms with Gasteiger partial charge in [0.2, 0.25) is 10.0 Å². The third kappa shape index (κ3) is 4.38. The van der Waals surface area contributed by atoms with Gasteiger partial charge in [-0.15, -0.1) is 0 Å². The van der Waals surface area contributed by atoms with Crippen LogP contribution in [0.2, 0.25) is 0 Å². The lowest BCUT2D eigenvalue weighted by molar-refractivity contribution is 0.491. The Hall–Kier alpha value is -1.27. The van der Waals surface area contributed by atoms with E-state index in [0.29, 0.717) is 11.4 Å². The van der Waals surface area contributed by atoms with E-state index in [-0.39, 0.29) is 4.90 Å². The number of nitrogen functional groups attached to an aromatic ring is 1. The highest BCUT2D eigenvalue weighted by Crippen LogP contribution is 2.28. The smallest absolute Gasteiger partial charge is 0.238 e. The van der Waals surface area contributed by atoms with Crippen molar-refractivity contribution in [2.24, 2.45) is 11.1 Å². The maximum absolute atomic E-state index is 11.3. The van der Waals surface area contributed by atoms with Gasteiger partial charge in [-0.25, -0.2) is 13.6 Å². The Morgan fingerprint density at radius 3 is 2.55 bits per heavy atom. The number of hydrogen-bond donors (Lipinski definition) is 3. The van der Waals surface area contributed by atoms with Crippen molar-refractivity contribution in [3.05, 3.63) is 18.2 Å². The molecule has 5 nitrogen and oxygen atoms in total. The summed E-state index contributed by atoms with van der Waals surface area (Å²) in [5, 5.41) is 8.34. The van der Waals surface area contributed by atoms with E-state index in [2.05, 4.69) is 5.32 Å². The summed E-state index contributed by atoms with van der Waals surface area (Å²) < 4.78 is 22.7. The van der Waals surface area contributed by atoms with Gasteiger partial charge < -0.3 is 11.1 Å². The normalized spacial score (nSPS) is 16.4. The highest BCUT2D eigenvalue weighted by atomic mass is 32.2. The molecule has 1 aliphatic rings. The van der Waals surface area contributed by atoms with E-state index in [1.54, 1.807) is 6.07 Å². The van der Waals surface area contributed by atoms with Gasteiger partial charge >= 0.3 is 0 Å². The van der Waals surface area contributed by atoms with Crippen LogP contribution in [0.3, 0.4) is 0 Å². The summed E-state index contributed by atoms with van der Waals surface area (Å²) in [6.45, 7) is 0.823. The molecule has 1 fully saturated rings. The maximum Gasteiger partial charge on any atom is 0.238 e. The van der Waals surface area contributed by atoms with E-state index in [4.69, 9.17) is 10.9 Å². The molecular weight excluding hydrogens is 274 g/mol. The van der Waals surface area contributed by atoms with E-state index in [0.717, 1.165) is 18.9 Å². The van der Waals surface area contributed by atoms with Crippen molar-refractivity contribution < 1.29 is 8.42 Å². The summed E-state index contributed by atoms with van der Waals surface area (Å²) in [5.41, 5.74) is 6.81. The molecule has 0 atom stereocenters. The van der Waals surface area contributed by atoms with E-state index in [1.165, 1.54) is 44.2 Å². The highest BCUT2D eigenvalue weighted by molar-refractivity contribution is 7.89. The van der Waals surface area contributed by atoms with Crippen molar-refractivity contribution in [2.75, 3.05) is 17.6 Å². The second kappa shape index (κ2) is 6.45. The topological polar surface area (TPSA) is 98.2 Å². The third-order valence-corrected chi connectivity index (χ3v) is 4.74. The molecule has 1 aliphatic carbocycles. The summed E-state index contributed by atoms with van der Waals surface area (Å²) in [5.74, 6) is 0.873. The number of sulfonamides is 1. The Morgan fingerprint density at radius 2 is 1.90 bits per heavy atom. The van der Waals surface area contributed by atoms with Crippen LogP contribution in [0.15, 0.2) is 23.1 Å². The molecule has 0 aromatic heterocycles. The first-order valence-corrected chi connectivity index (χ1v) is 8.67. The predicted octanol–water partition coefficient (Wildman–Crippen LogP) is 2.30. The lowest BCUT2D eigenvalue weighted by Gasteiger charge is -2.11. The molecule has 5 N–H and O–H groups in total. The summed E-state index contributed by atoms with van der Waals surface area (Å²) in [6.07, 6.45) is 7.76. The average molecular weight is 297 g/mol. The van der Waals surface area contributed by atoms with Crippen molar-refractivity contribution in [3.63, 3.8) is 0 Å². The molecule has 1 saturated carbocycles. The molecule has 0 spiro atoms. The predicted molar refractivity (Wildman–Crippen MR) is 81.9 cm³/mol. The van der Waals surface area contributed by atoms with Crippen LogP contribution in [0.1, 0.15) is 38.5 Å². The minimum atomic E-state index is -3.71. The summed E-state index contributed by atoms with van der Waals surface area (Å²) in [4.78, 5) is 0.0517.